The Morgan fingerprint density at radius 1 is 0.857 bits per heavy atom. The quantitative estimate of drug-likeness (QED) is 0.618. The summed E-state index contributed by atoms with van der Waals surface area (Å²) in [4.78, 5) is 40.0. The summed E-state index contributed by atoms with van der Waals surface area (Å²) in [6.07, 6.45) is 0. The van der Waals surface area contributed by atoms with Gasteiger partial charge in [-0.1, -0.05) is 17.4 Å². The largest absolute Gasteiger partial charge is 0.326 e. The molecule has 0 fully saturated rings. The molecule has 3 amide bonds. The molecule has 28 heavy (non-hydrogen) atoms. The molecule has 0 radical (unpaired) electrons. The van der Waals surface area contributed by atoms with Crippen molar-refractivity contribution in [3.8, 4) is 0 Å². The summed E-state index contributed by atoms with van der Waals surface area (Å²) >= 11 is 1.40. The van der Waals surface area contributed by atoms with E-state index in [4.69, 9.17) is 0 Å². The van der Waals surface area contributed by atoms with E-state index in [1.807, 2.05) is 26.0 Å². The molecule has 3 N–H and O–H groups in total. The van der Waals surface area contributed by atoms with Gasteiger partial charge < -0.3 is 10.6 Å². The Morgan fingerprint density at radius 2 is 1.46 bits per heavy atom. The molecule has 0 bridgehead atoms. The second kappa shape index (κ2) is 7.77. The van der Waals surface area contributed by atoms with Gasteiger partial charge in [-0.25, -0.2) is 4.98 Å². The Labute approximate surface area is 166 Å². The number of amides is 3. The molecule has 0 aliphatic heterocycles. The smallest absolute Gasteiger partial charge is 0.257 e. The van der Waals surface area contributed by atoms with Crippen molar-refractivity contribution in [2.45, 2.75) is 27.7 Å². The number of hydrogen-bond acceptors (Lipinski definition) is 5. The Bertz CT molecular complexity index is 1070. The number of fused-ring (bicyclic) bond motifs is 1. The van der Waals surface area contributed by atoms with Crippen LogP contribution in [-0.4, -0.2) is 22.7 Å². The van der Waals surface area contributed by atoms with E-state index >= 15 is 0 Å². The fraction of sp³-hybridized carbons (Fsp3) is 0.200. The van der Waals surface area contributed by atoms with Crippen molar-refractivity contribution < 1.29 is 14.4 Å². The van der Waals surface area contributed by atoms with Crippen LogP contribution in [0.25, 0.3) is 10.2 Å². The normalized spacial score (nSPS) is 10.6. The number of thiazole rings is 1. The van der Waals surface area contributed by atoms with Gasteiger partial charge in [-0.05, 0) is 49.2 Å². The molecule has 144 valence electrons. The first-order chi connectivity index (χ1) is 13.2. The highest BCUT2D eigenvalue weighted by molar-refractivity contribution is 7.22. The fourth-order valence-corrected chi connectivity index (χ4v) is 3.94. The summed E-state index contributed by atoms with van der Waals surface area (Å²) in [7, 11) is 0. The first kappa shape index (κ1) is 19.5. The number of benzene rings is 2. The van der Waals surface area contributed by atoms with Crippen molar-refractivity contribution in [3.63, 3.8) is 0 Å². The predicted molar refractivity (Wildman–Crippen MR) is 112 cm³/mol. The lowest BCUT2D eigenvalue weighted by atomic mass is 10.1. The topological polar surface area (TPSA) is 100 Å². The molecule has 3 aromatic rings. The molecule has 0 saturated heterocycles. The van der Waals surface area contributed by atoms with Crippen LogP contribution < -0.4 is 16.0 Å². The molecule has 0 atom stereocenters. The van der Waals surface area contributed by atoms with Crippen LogP contribution in [0.5, 0.6) is 0 Å². The van der Waals surface area contributed by atoms with Gasteiger partial charge in [-0.3, -0.25) is 19.7 Å². The van der Waals surface area contributed by atoms with Gasteiger partial charge in [0.1, 0.15) is 0 Å². The molecule has 0 aliphatic rings. The molecule has 7 nitrogen and oxygen atoms in total. The molecule has 0 aliphatic carbocycles. The highest BCUT2D eigenvalue weighted by Crippen LogP contribution is 2.30. The van der Waals surface area contributed by atoms with Crippen molar-refractivity contribution in [2.24, 2.45) is 0 Å². The average Bonchev–Trinajstić information content (AvgIpc) is 2.95. The minimum absolute atomic E-state index is 0.275. The van der Waals surface area contributed by atoms with E-state index in [9.17, 15) is 14.4 Å². The molecule has 2 aromatic carbocycles. The van der Waals surface area contributed by atoms with E-state index in [1.165, 1.54) is 25.2 Å². The van der Waals surface area contributed by atoms with Gasteiger partial charge in [0.05, 0.1) is 10.2 Å². The minimum Gasteiger partial charge on any atom is -0.326 e. The lowest BCUT2D eigenvalue weighted by Crippen LogP contribution is -2.15. The standard InChI is InChI=1S/C20H20N4O3S/c1-10-5-11(2)18-17(6-10)28-20(23-18)24-19(27)14-7-15(21-12(3)25)9-16(8-14)22-13(4)26/h5-9H,1-4H3,(H,21,25)(H,22,26)(H,23,24,27). The van der Waals surface area contributed by atoms with E-state index in [1.54, 1.807) is 18.2 Å². The van der Waals surface area contributed by atoms with Crippen molar-refractivity contribution in [1.29, 1.82) is 0 Å². The zero-order chi connectivity index (χ0) is 20.4. The highest BCUT2D eigenvalue weighted by atomic mass is 32.1. The number of carbonyl (C=O) groups is 3. The van der Waals surface area contributed by atoms with Crippen LogP contribution in [0.3, 0.4) is 0 Å². The van der Waals surface area contributed by atoms with Crippen LogP contribution in [0.1, 0.15) is 35.3 Å². The lowest BCUT2D eigenvalue weighted by Gasteiger charge is -2.10. The molecule has 8 heteroatoms. The minimum atomic E-state index is -0.382. The van der Waals surface area contributed by atoms with Gasteiger partial charge in [0.15, 0.2) is 5.13 Å². The van der Waals surface area contributed by atoms with Crippen LogP contribution in [0.15, 0.2) is 30.3 Å². The third-order valence-electron chi connectivity index (χ3n) is 3.89. The third-order valence-corrected chi connectivity index (χ3v) is 4.80. The van der Waals surface area contributed by atoms with Crippen molar-refractivity contribution in [3.05, 3.63) is 47.0 Å². The number of aromatic nitrogens is 1. The number of carbonyl (C=O) groups excluding carboxylic acids is 3. The maximum Gasteiger partial charge on any atom is 0.257 e. The molecule has 0 spiro atoms. The van der Waals surface area contributed by atoms with E-state index in [0.29, 0.717) is 22.1 Å². The van der Waals surface area contributed by atoms with Gasteiger partial charge in [-0.2, -0.15) is 0 Å². The van der Waals surface area contributed by atoms with Crippen LogP contribution in [0.2, 0.25) is 0 Å². The third kappa shape index (κ3) is 4.52. The van der Waals surface area contributed by atoms with Gasteiger partial charge >= 0.3 is 0 Å². The van der Waals surface area contributed by atoms with Gasteiger partial charge in [0, 0.05) is 30.8 Å². The summed E-state index contributed by atoms with van der Waals surface area (Å²) in [5.41, 5.74) is 4.17. The number of rotatable bonds is 4. The van der Waals surface area contributed by atoms with Crippen LogP contribution >= 0.6 is 11.3 Å². The zero-order valence-corrected chi connectivity index (χ0v) is 16.8. The Kier molecular flexibility index (Phi) is 5.41. The van der Waals surface area contributed by atoms with Gasteiger partial charge in [0.2, 0.25) is 11.8 Å². The summed E-state index contributed by atoms with van der Waals surface area (Å²) in [5.74, 6) is -0.932. The molecule has 0 unspecified atom stereocenters. The molecular weight excluding hydrogens is 376 g/mol. The van der Waals surface area contributed by atoms with Crippen LogP contribution in [-0.2, 0) is 9.59 Å². The van der Waals surface area contributed by atoms with Crippen LogP contribution in [0, 0.1) is 13.8 Å². The van der Waals surface area contributed by atoms with Crippen molar-refractivity contribution >= 4 is 55.8 Å². The zero-order valence-electron chi connectivity index (χ0n) is 16.0. The van der Waals surface area contributed by atoms with E-state index in [0.717, 1.165) is 21.3 Å². The fourth-order valence-electron chi connectivity index (χ4n) is 2.90. The summed E-state index contributed by atoms with van der Waals surface area (Å²) in [6.45, 7) is 6.74. The number of hydrogen-bond donors (Lipinski definition) is 3. The number of nitrogens with zero attached hydrogens (tertiary/aromatic N) is 1. The Morgan fingerprint density at radius 3 is 2.04 bits per heavy atom. The van der Waals surface area contributed by atoms with Gasteiger partial charge in [0.25, 0.3) is 5.91 Å². The molecular formula is C20H20N4O3S. The molecule has 3 rings (SSSR count). The first-order valence-electron chi connectivity index (χ1n) is 8.60. The highest BCUT2D eigenvalue weighted by Gasteiger charge is 2.14. The van der Waals surface area contributed by atoms with E-state index < -0.39 is 0 Å². The maximum absolute atomic E-state index is 12.7. The van der Waals surface area contributed by atoms with Crippen molar-refractivity contribution in [1.82, 2.24) is 4.98 Å². The van der Waals surface area contributed by atoms with Crippen LogP contribution in [0.4, 0.5) is 16.5 Å². The first-order valence-corrected chi connectivity index (χ1v) is 9.42. The Hall–Kier alpha value is -3.26. The maximum atomic E-state index is 12.7. The number of nitrogens with one attached hydrogen (secondary N) is 3. The lowest BCUT2D eigenvalue weighted by molar-refractivity contribution is -0.115. The van der Waals surface area contributed by atoms with Gasteiger partial charge in [-0.15, -0.1) is 0 Å². The van der Waals surface area contributed by atoms with E-state index in [-0.39, 0.29) is 17.7 Å². The second-order valence-electron chi connectivity index (χ2n) is 6.56. The average molecular weight is 396 g/mol. The van der Waals surface area contributed by atoms with Crippen molar-refractivity contribution in [2.75, 3.05) is 16.0 Å². The summed E-state index contributed by atoms with van der Waals surface area (Å²) in [5, 5.41) is 8.54. The predicted octanol–water partition coefficient (Wildman–Crippen LogP) is 4.08. The number of anilines is 3. The second-order valence-corrected chi connectivity index (χ2v) is 7.59. The number of aryl methyl sites for hydroxylation is 2. The SMILES string of the molecule is CC(=O)Nc1cc(NC(C)=O)cc(C(=O)Nc2nc3c(C)cc(C)cc3s2)c1. The summed E-state index contributed by atoms with van der Waals surface area (Å²) in [6, 6.07) is 8.76. The van der Waals surface area contributed by atoms with E-state index in [2.05, 4.69) is 20.9 Å². The molecule has 1 heterocycles. The summed E-state index contributed by atoms with van der Waals surface area (Å²) < 4.78 is 0.999. The Balaban J connectivity index is 1.91. The molecule has 1 aromatic heterocycles. The molecule has 0 saturated carbocycles. The monoisotopic (exact) mass is 396 g/mol.